The Morgan fingerprint density at radius 2 is 2.29 bits per heavy atom. The number of nitro benzene ring substituents is 1. The van der Waals surface area contributed by atoms with Gasteiger partial charge in [-0.05, 0) is 24.5 Å². The highest BCUT2D eigenvalue weighted by atomic mass is 79.9. The lowest BCUT2D eigenvalue weighted by molar-refractivity contribution is -0.384. The van der Waals surface area contributed by atoms with Crippen molar-refractivity contribution in [2.24, 2.45) is 0 Å². The highest BCUT2D eigenvalue weighted by Gasteiger charge is 2.21. The molecule has 1 aliphatic rings. The smallest absolute Gasteiger partial charge is 0.292 e. The standard InChI is InChI=1S/C9H9BrN2O2/c10-7-3-4-8(12(13)14)9-6(7)2-1-5-11-9/h3-4,11H,1-2,5H2. The van der Waals surface area contributed by atoms with Gasteiger partial charge >= 0.3 is 0 Å². The number of benzene rings is 1. The van der Waals surface area contributed by atoms with Crippen LogP contribution in [0, 0.1) is 10.1 Å². The van der Waals surface area contributed by atoms with Crippen molar-refractivity contribution < 1.29 is 4.92 Å². The Morgan fingerprint density at radius 3 is 3.00 bits per heavy atom. The second-order valence-electron chi connectivity index (χ2n) is 3.21. The summed E-state index contributed by atoms with van der Waals surface area (Å²) in [7, 11) is 0. The van der Waals surface area contributed by atoms with Crippen LogP contribution in [0.1, 0.15) is 12.0 Å². The molecule has 0 saturated heterocycles. The van der Waals surface area contributed by atoms with E-state index in [1.807, 2.05) is 0 Å². The van der Waals surface area contributed by atoms with Gasteiger partial charge in [0, 0.05) is 17.1 Å². The van der Waals surface area contributed by atoms with E-state index in [0.29, 0.717) is 5.69 Å². The van der Waals surface area contributed by atoms with Crippen molar-refractivity contribution in [1.82, 2.24) is 0 Å². The molecule has 1 aliphatic heterocycles. The van der Waals surface area contributed by atoms with E-state index in [1.54, 1.807) is 6.07 Å². The third-order valence-corrected chi connectivity index (χ3v) is 3.08. The molecule has 74 valence electrons. The van der Waals surface area contributed by atoms with Gasteiger partial charge in [0.15, 0.2) is 0 Å². The molecular formula is C9H9BrN2O2. The molecule has 0 fully saturated rings. The van der Waals surface area contributed by atoms with Gasteiger partial charge in [0.1, 0.15) is 5.69 Å². The number of nitro groups is 1. The topological polar surface area (TPSA) is 55.2 Å². The van der Waals surface area contributed by atoms with Gasteiger partial charge in [-0.3, -0.25) is 10.1 Å². The van der Waals surface area contributed by atoms with Crippen LogP contribution in [0.2, 0.25) is 0 Å². The molecule has 2 rings (SSSR count). The number of nitrogens with one attached hydrogen (secondary N) is 1. The Hall–Kier alpha value is -1.10. The largest absolute Gasteiger partial charge is 0.379 e. The molecule has 0 radical (unpaired) electrons. The molecule has 1 aromatic rings. The number of nitrogens with zero attached hydrogens (tertiary/aromatic N) is 1. The van der Waals surface area contributed by atoms with E-state index in [0.717, 1.165) is 29.4 Å². The van der Waals surface area contributed by atoms with E-state index >= 15 is 0 Å². The van der Waals surface area contributed by atoms with Gasteiger partial charge in [-0.15, -0.1) is 0 Å². The first kappa shape index (κ1) is 9.45. The Balaban J connectivity index is 2.59. The summed E-state index contributed by atoms with van der Waals surface area (Å²) in [6.07, 6.45) is 1.91. The minimum atomic E-state index is -0.344. The van der Waals surface area contributed by atoms with Crippen molar-refractivity contribution in [3.63, 3.8) is 0 Å². The fourth-order valence-electron chi connectivity index (χ4n) is 1.68. The number of rotatable bonds is 1. The number of hydrogen-bond acceptors (Lipinski definition) is 3. The van der Waals surface area contributed by atoms with E-state index in [9.17, 15) is 10.1 Å². The Bertz CT molecular complexity index is 393. The predicted molar refractivity (Wildman–Crippen MR) is 57.6 cm³/mol. The molecule has 0 bridgehead atoms. The molecule has 0 spiro atoms. The van der Waals surface area contributed by atoms with Gasteiger partial charge in [-0.2, -0.15) is 0 Å². The van der Waals surface area contributed by atoms with Crippen molar-refractivity contribution in [3.05, 3.63) is 32.3 Å². The van der Waals surface area contributed by atoms with Crippen molar-refractivity contribution in [2.45, 2.75) is 12.8 Å². The van der Waals surface area contributed by atoms with E-state index in [2.05, 4.69) is 21.2 Å². The number of hydrogen-bond donors (Lipinski definition) is 1. The van der Waals surface area contributed by atoms with Gasteiger partial charge in [0.05, 0.1) is 4.92 Å². The lowest BCUT2D eigenvalue weighted by Crippen LogP contribution is -2.13. The molecule has 0 saturated carbocycles. The second-order valence-corrected chi connectivity index (χ2v) is 4.06. The third kappa shape index (κ3) is 1.48. The first-order chi connectivity index (χ1) is 6.70. The monoisotopic (exact) mass is 256 g/mol. The zero-order valence-corrected chi connectivity index (χ0v) is 9.00. The molecule has 0 aromatic heterocycles. The van der Waals surface area contributed by atoms with Gasteiger partial charge in [0.25, 0.3) is 5.69 Å². The molecule has 5 heteroatoms. The van der Waals surface area contributed by atoms with Crippen LogP contribution >= 0.6 is 15.9 Å². The summed E-state index contributed by atoms with van der Waals surface area (Å²) in [4.78, 5) is 10.4. The Kier molecular flexibility index (Phi) is 2.41. The lowest BCUT2D eigenvalue weighted by atomic mass is 10.0. The van der Waals surface area contributed by atoms with Gasteiger partial charge in [0.2, 0.25) is 0 Å². The summed E-state index contributed by atoms with van der Waals surface area (Å²) in [5.74, 6) is 0. The fourth-order valence-corrected chi connectivity index (χ4v) is 2.21. The van der Waals surface area contributed by atoms with Crippen LogP contribution in [0.4, 0.5) is 11.4 Å². The summed E-state index contributed by atoms with van der Waals surface area (Å²) in [6.45, 7) is 0.810. The van der Waals surface area contributed by atoms with Crippen LogP contribution < -0.4 is 5.32 Å². The van der Waals surface area contributed by atoms with Crippen LogP contribution in [0.25, 0.3) is 0 Å². The molecule has 14 heavy (non-hydrogen) atoms. The first-order valence-electron chi connectivity index (χ1n) is 4.40. The van der Waals surface area contributed by atoms with Gasteiger partial charge in [-0.1, -0.05) is 15.9 Å². The molecule has 1 heterocycles. The summed E-state index contributed by atoms with van der Waals surface area (Å²) in [5.41, 5.74) is 1.86. The zero-order valence-electron chi connectivity index (χ0n) is 7.42. The molecule has 0 unspecified atom stereocenters. The van der Waals surface area contributed by atoms with E-state index in [4.69, 9.17) is 0 Å². The molecule has 4 nitrogen and oxygen atoms in total. The van der Waals surface area contributed by atoms with Crippen LogP contribution in [0.3, 0.4) is 0 Å². The number of anilines is 1. The maximum atomic E-state index is 10.7. The van der Waals surface area contributed by atoms with Crippen molar-refractivity contribution in [1.29, 1.82) is 0 Å². The lowest BCUT2D eigenvalue weighted by Gasteiger charge is -2.18. The van der Waals surface area contributed by atoms with E-state index in [1.165, 1.54) is 6.07 Å². The summed E-state index contributed by atoms with van der Waals surface area (Å²) < 4.78 is 0.949. The zero-order chi connectivity index (χ0) is 10.1. The average molecular weight is 257 g/mol. The second kappa shape index (κ2) is 3.57. The van der Waals surface area contributed by atoms with Crippen LogP contribution in [-0.2, 0) is 6.42 Å². The van der Waals surface area contributed by atoms with Gasteiger partial charge in [-0.25, -0.2) is 0 Å². The molecule has 0 amide bonds. The predicted octanol–water partition coefficient (Wildman–Crippen LogP) is 2.72. The van der Waals surface area contributed by atoms with Crippen molar-refractivity contribution >= 4 is 27.3 Å². The highest BCUT2D eigenvalue weighted by Crippen LogP contribution is 2.36. The quantitative estimate of drug-likeness (QED) is 0.621. The van der Waals surface area contributed by atoms with Crippen LogP contribution in [0.15, 0.2) is 16.6 Å². The van der Waals surface area contributed by atoms with E-state index in [-0.39, 0.29) is 10.6 Å². The Labute approximate surface area is 89.6 Å². The summed E-state index contributed by atoms with van der Waals surface area (Å²) in [6, 6.07) is 3.27. The SMILES string of the molecule is O=[N+]([O-])c1ccc(Br)c2c1NCCC2. The maximum absolute atomic E-state index is 10.7. The third-order valence-electron chi connectivity index (χ3n) is 2.34. The minimum Gasteiger partial charge on any atom is -0.379 e. The molecule has 1 aromatic carbocycles. The van der Waals surface area contributed by atoms with Crippen molar-refractivity contribution in [2.75, 3.05) is 11.9 Å². The number of halogens is 1. The number of fused-ring (bicyclic) bond motifs is 1. The maximum Gasteiger partial charge on any atom is 0.292 e. The van der Waals surface area contributed by atoms with E-state index < -0.39 is 0 Å². The van der Waals surface area contributed by atoms with Crippen molar-refractivity contribution in [3.8, 4) is 0 Å². The normalized spacial score (nSPS) is 14.4. The molecule has 0 atom stereocenters. The van der Waals surface area contributed by atoms with Gasteiger partial charge < -0.3 is 5.32 Å². The first-order valence-corrected chi connectivity index (χ1v) is 5.19. The fraction of sp³-hybridized carbons (Fsp3) is 0.333. The average Bonchev–Trinajstić information content (AvgIpc) is 2.18. The van der Waals surface area contributed by atoms with Crippen LogP contribution in [0.5, 0.6) is 0 Å². The summed E-state index contributed by atoms with van der Waals surface area (Å²) in [5, 5.41) is 13.8. The Morgan fingerprint density at radius 1 is 1.50 bits per heavy atom. The van der Waals surface area contributed by atoms with Crippen LogP contribution in [-0.4, -0.2) is 11.5 Å². The summed E-state index contributed by atoms with van der Waals surface area (Å²) >= 11 is 3.40. The minimum absolute atomic E-state index is 0.169. The highest BCUT2D eigenvalue weighted by molar-refractivity contribution is 9.10. The molecule has 0 aliphatic carbocycles. The molecular weight excluding hydrogens is 248 g/mol. The molecule has 1 N–H and O–H groups in total.